The van der Waals surface area contributed by atoms with E-state index < -0.39 is 0 Å². The Morgan fingerprint density at radius 1 is 0.865 bits per heavy atom. The summed E-state index contributed by atoms with van der Waals surface area (Å²) in [5.74, 6) is 2.18. The molecule has 1 heterocycles. The van der Waals surface area contributed by atoms with Crippen LogP contribution in [0.15, 0.2) is 11.6 Å². The van der Waals surface area contributed by atoms with Crippen molar-refractivity contribution < 1.29 is 9.90 Å². The van der Waals surface area contributed by atoms with Gasteiger partial charge >= 0.3 is 0 Å². The molecule has 0 radical (unpaired) electrons. The van der Waals surface area contributed by atoms with Gasteiger partial charge in [0.15, 0.2) is 0 Å². The van der Waals surface area contributed by atoms with Crippen molar-refractivity contribution in [3.63, 3.8) is 0 Å². The van der Waals surface area contributed by atoms with Gasteiger partial charge in [-0.05, 0) is 122 Å². The zero-order chi connectivity index (χ0) is 26.6. The second-order valence-corrected chi connectivity index (χ2v) is 16.7. The van der Waals surface area contributed by atoms with Gasteiger partial charge in [-0.3, -0.25) is 4.79 Å². The van der Waals surface area contributed by atoms with E-state index in [2.05, 4.69) is 59.4 Å². The van der Waals surface area contributed by atoms with E-state index in [0.717, 1.165) is 38.8 Å². The summed E-state index contributed by atoms with van der Waals surface area (Å²) in [4.78, 5) is 16.6. The molecule has 3 nitrogen and oxygen atoms in total. The predicted octanol–water partition coefficient (Wildman–Crippen LogP) is 7.77. The molecule has 3 unspecified atom stereocenters. The fraction of sp³-hybridized carbons (Fsp3) is 0.912. The van der Waals surface area contributed by atoms with E-state index in [1.165, 1.54) is 51.4 Å². The highest BCUT2D eigenvalue weighted by Gasteiger charge is 2.69. The maximum absolute atomic E-state index is 14.3. The van der Waals surface area contributed by atoms with E-state index >= 15 is 0 Å². The lowest BCUT2D eigenvalue weighted by Gasteiger charge is -2.71. The van der Waals surface area contributed by atoms with Crippen molar-refractivity contribution in [3.05, 3.63) is 11.6 Å². The molecule has 8 atom stereocenters. The molecule has 0 aromatic rings. The molecule has 1 N–H and O–H groups in total. The lowest BCUT2D eigenvalue weighted by atomic mass is 9.33. The number of amides is 1. The molecule has 1 saturated heterocycles. The molecular formula is C34H55NO2. The monoisotopic (exact) mass is 509 g/mol. The Bertz CT molecular complexity index is 990. The standard InChI is InChI=1S/C34H55NO2/c1-29(2)16-18-34(28(37)35-20-8-9-21-35)19-17-32(6)23(24(34)22-29)10-11-26-31(5)14-13-27(36)30(3,4)25(31)12-15-33(26,32)7/h10,24-27,36H,8-9,11-22H2,1-7H3/t24?,25?,26?,27-,31-,32+,33+,34-/m0/s1. The molecule has 1 amide bonds. The smallest absolute Gasteiger partial charge is 0.229 e. The molecule has 6 aliphatic rings. The van der Waals surface area contributed by atoms with Crippen LogP contribution in [0.4, 0.5) is 0 Å². The van der Waals surface area contributed by atoms with Crippen LogP contribution in [0.3, 0.4) is 0 Å². The third-order valence-electron chi connectivity index (χ3n) is 14.4. The number of hydrogen-bond acceptors (Lipinski definition) is 2. The predicted molar refractivity (Wildman–Crippen MR) is 151 cm³/mol. The minimum absolute atomic E-state index is 0.00349. The summed E-state index contributed by atoms with van der Waals surface area (Å²) >= 11 is 0. The molecule has 0 aromatic carbocycles. The summed E-state index contributed by atoms with van der Waals surface area (Å²) in [7, 11) is 0. The summed E-state index contributed by atoms with van der Waals surface area (Å²) in [6.45, 7) is 19.5. The van der Waals surface area contributed by atoms with Crippen LogP contribution in [0.25, 0.3) is 0 Å². The Balaban J connectivity index is 1.42. The summed E-state index contributed by atoms with van der Waals surface area (Å²) < 4.78 is 0. The Labute approximate surface area is 227 Å². The maximum atomic E-state index is 14.3. The molecule has 0 spiro atoms. The van der Waals surface area contributed by atoms with E-state index in [1.807, 2.05) is 0 Å². The second-order valence-electron chi connectivity index (χ2n) is 16.7. The average molecular weight is 510 g/mol. The normalized spacial score (nSPS) is 50.3. The van der Waals surface area contributed by atoms with Crippen LogP contribution in [-0.2, 0) is 4.79 Å². The van der Waals surface area contributed by atoms with Crippen LogP contribution in [0.2, 0.25) is 0 Å². The Kier molecular flexibility index (Phi) is 5.78. The number of rotatable bonds is 1. The summed E-state index contributed by atoms with van der Waals surface area (Å²) in [5, 5.41) is 11.0. The van der Waals surface area contributed by atoms with Crippen molar-refractivity contribution in [2.75, 3.05) is 13.1 Å². The Morgan fingerprint density at radius 2 is 1.54 bits per heavy atom. The summed E-state index contributed by atoms with van der Waals surface area (Å²) in [6, 6.07) is 0. The molecule has 0 bridgehead atoms. The van der Waals surface area contributed by atoms with E-state index in [9.17, 15) is 9.90 Å². The Hall–Kier alpha value is -0.830. The van der Waals surface area contributed by atoms with Gasteiger partial charge in [0, 0.05) is 13.1 Å². The molecule has 37 heavy (non-hydrogen) atoms. The van der Waals surface area contributed by atoms with E-state index in [-0.39, 0.29) is 33.2 Å². The largest absolute Gasteiger partial charge is 0.393 e. The first kappa shape index (κ1) is 26.4. The summed E-state index contributed by atoms with van der Waals surface area (Å²) in [6.07, 6.45) is 16.4. The number of allylic oxidation sites excluding steroid dienone is 2. The van der Waals surface area contributed by atoms with E-state index in [1.54, 1.807) is 5.57 Å². The van der Waals surface area contributed by atoms with Crippen molar-refractivity contribution in [1.82, 2.24) is 4.90 Å². The third kappa shape index (κ3) is 3.37. The van der Waals surface area contributed by atoms with Gasteiger partial charge < -0.3 is 10.0 Å². The first-order chi connectivity index (χ1) is 17.2. The fourth-order valence-electron chi connectivity index (χ4n) is 11.9. The highest BCUT2D eigenvalue weighted by molar-refractivity contribution is 5.84. The van der Waals surface area contributed by atoms with Crippen molar-refractivity contribution in [2.45, 2.75) is 132 Å². The topological polar surface area (TPSA) is 40.5 Å². The molecule has 6 rings (SSSR count). The zero-order valence-electron chi connectivity index (χ0n) is 25.1. The van der Waals surface area contributed by atoms with Crippen LogP contribution >= 0.6 is 0 Å². The molecule has 208 valence electrons. The molecular weight excluding hydrogens is 454 g/mol. The lowest BCUT2D eigenvalue weighted by Crippen LogP contribution is -2.65. The molecule has 3 heteroatoms. The minimum atomic E-state index is -0.170. The maximum Gasteiger partial charge on any atom is 0.229 e. The van der Waals surface area contributed by atoms with Gasteiger partial charge in [-0.1, -0.05) is 60.1 Å². The molecule has 5 aliphatic carbocycles. The van der Waals surface area contributed by atoms with Gasteiger partial charge in [-0.2, -0.15) is 0 Å². The lowest BCUT2D eigenvalue weighted by molar-refractivity contribution is -0.204. The number of likely N-dealkylation sites (tertiary alicyclic amines) is 1. The fourth-order valence-corrected chi connectivity index (χ4v) is 11.9. The number of fused-ring (bicyclic) bond motifs is 7. The SMILES string of the molecule is CC1(C)CC[C@]2(C(=O)N3CCCC3)CC[C@]3(C)C(=CCC4[C@@]5(C)CC[C@H](O)C(C)(C)C5CC[C@]43C)C2C1. The van der Waals surface area contributed by atoms with E-state index in [0.29, 0.717) is 29.1 Å². The number of carbonyl (C=O) groups is 1. The van der Waals surface area contributed by atoms with Crippen molar-refractivity contribution in [1.29, 1.82) is 0 Å². The van der Waals surface area contributed by atoms with Crippen LogP contribution in [0, 0.1) is 50.2 Å². The van der Waals surface area contributed by atoms with Crippen LogP contribution in [0.1, 0.15) is 126 Å². The minimum Gasteiger partial charge on any atom is -0.393 e. The van der Waals surface area contributed by atoms with Gasteiger partial charge in [-0.15, -0.1) is 0 Å². The van der Waals surface area contributed by atoms with E-state index in [4.69, 9.17) is 0 Å². The van der Waals surface area contributed by atoms with Crippen LogP contribution < -0.4 is 0 Å². The first-order valence-corrected chi connectivity index (χ1v) is 15.9. The van der Waals surface area contributed by atoms with Gasteiger partial charge in [-0.25, -0.2) is 0 Å². The quantitative estimate of drug-likeness (QED) is 0.367. The number of nitrogens with zero attached hydrogens (tertiary/aromatic N) is 1. The van der Waals surface area contributed by atoms with Gasteiger partial charge in [0.25, 0.3) is 0 Å². The molecule has 5 fully saturated rings. The number of aliphatic hydroxyl groups is 1. The number of hydrogen-bond donors (Lipinski definition) is 1. The number of carbonyl (C=O) groups excluding carboxylic acids is 1. The van der Waals surface area contributed by atoms with Gasteiger partial charge in [0.1, 0.15) is 0 Å². The highest BCUT2D eigenvalue weighted by atomic mass is 16.3. The van der Waals surface area contributed by atoms with Gasteiger partial charge in [0.05, 0.1) is 11.5 Å². The third-order valence-corrected chi connectivity index (χ3v) is 14.4. The first-order valence-electron chi connectivity index (χ1n) is 15.9. The second kappa shape index (κ2) is 8.11. The molecule has 1 aliphatic heterocycles. The number of aliphatic hydroxyl groups excluding tert-OH is 1. The molecule has 0 aromatic heterocycles. The van der Waals surface area contributed by atoms with Crippen molar-refractivity contribution in [3.8, 4) is 0 Å². The highest BCUT2D eigenvalue weighted by Crippen LogP contribution is 2.75. The van der Waals surface area contributed by atoms with Gasteiger partial charge in [0.2, 0.25) is 5.91 Å². The summed E-state index contributed by atoms with van der Waals surface area (Å²) in [5.41, 5.74) is 2.57. The van der Waals surface area contributed by atoms with Crippen molar-refractivity contribution >= 4 is 5.91 Å². The van der Waals surface area contributed by atoms with Crippen molar-refractivity contribution in [2.24, 2.45) is 50.2 Å². The Morgan fingerprint density at radius 3 is 2.24 bits per heavy atom. The van der Waals surface area contributed by atoms with Crippen LogP contribution in [0.5, 0.6) is 0 Å². The zero-order valence-corrected chi connectivity index (χ0v) is 25.1. The molecule has 4 saturated carbocycles. The average Bonchev–Trinajstić information content (AvgIpc) is 3.36. The van der Waals surface area contributed by atoms with Crippen LogP contribution in [-0.4, -0.2) is 35.1 Å².